The molecule has 3 fully saturated rings. The van der Waals surface area contributed by atoms with Crippen LogP contribution in [0.5, 0.6) is 0 Å². The molecule has 180 valence electrons. The van der Waals surface area contributed by atoms with Crippen LogP contribution in [0.1, 0.15) is 57.1 Å². The number of alkyl halides is 1. The number of aromatic nitrogens is 3. The Morgan fingerprint density at radius 3 is 2.67 bits per heavy atom. The number of halogens is 1. The molecule has 3 aliphatic rings. The Kier molecular flexibility index (Phi) is 5.49. The van der Waals surface area contributed by atoms with E-state index in [2.05, 4.69) is 15.3 Å². The molecule has 9 nitrogen and oxygen atoms in total. The van der Waals surface area contributed by atoms with Crippen LogP contribution < -0.4 is 10.9 Å². The van der Waals surface area contributed by atoms with E-state index < -0.39 is 33.9 Å². The molecule has 2 aromatic rings. The van der Waals surface area contributed by atoms with Gasteiger partial charge in [0, 0.05) is 30.7 Å². The number of nitrogens with one attached hydrogen (secondary N) is 1. The summed E-state index contributed by atoms with van der Waals surface area (Å²) >= 11 is 0. The van der Waals surface area contributed by atoms with E-state index in [0.717, 1.165) is 12.0 Å². The lowest BCUT2D eigenvalue weighted by Gasteiger charge is -2.34. The van der Waals surface area contributed by atoms with Gasteiger partial charge in [-0.05, 0) is 57.9 Å². The SMILES string of the molecule is Cc1cc(=O)n([C@@H]2CCC[C@@]2(C)O)c2nc(N[C@@H]3CCN(S(=O)(=O)C4CC4)C[C@H]3F)ncc12. The molecule has 0 radical (unpaired) electrons. The third-order valence-electron chi connectivity index (χ3n) is 7.31. The van der Waals surface area contributed by atoms with Gasteiger partial charge in [-0.2, -0.15) is 9.29 Å². The predicted molar refractivity (Wildman–Crippen MR) is 122 cm³/mol. The highest BCUT2D eigenvalue weighted by Gasteiger charge is 2.44. The monoisotopic (exact) mass is 479 g/mol. The number of pyridine rings is 1. The smallest absolute Gasteiger partial charge is 0.252 e. The lowest BCUT2D eigenvalue weighted by atomic mass is 9.99. The van der Waals surface area contributed by atoms with E-state index in [9.17, 15) is 22.7 Å². The van der Waals surface area contributed by atoms with Crippen molar-refractivity contribution in [3.05, 3.63) is 28.2 Å². The van der Waals surface area contributed by atoms with Gasteiger partial charge in [0.1, 0.15) is 11.8 Å². The third-order valence-corrected chi connectivity index (χ3v) is 9.68. The van der Waals surface area contributed by atoms with Gasteiger partial charge in [0.15, 0.2) is 0 Å². The number of fused-ring (bicyclic) bond motifs is 1. The van der Waals surface area contributed by atoms with Crippen molar-refractivity contribution in [2.45, 2.75) is 81.5 Å². The molecule has 2 saturated carbocycles. The Morgan fingerprint density at radius 2 is 2.03 bits per heavy atom. The van der Waals surface area contributed by atoms with E-state index in [0.29, 0.717) is 43.1 Å². The quantitative estimate of drug-likeness (QED) is 0.672. The fraction of sp³-hybridized carbons (Fsp3) is 0.682. The summed E-state index contributed by atoms with van der Waals surface area (Å²) in [5, 5.41) is 14.2. The van der Waals surface area contributed by atoms with Gasteiger partial charge >= 0.3 is 0 Å². The molecule has 0 amide bonds. The normalized spacial score (nSPS) is 31.2. The largest absolute Gasteiger partial charge is 0.388 e. The number of sulfonamides is 1. The minimum Gasteiger partial charge on any atom is -0.388 e. The van der Waals surface area contributed by atoms with Crippen LogP contribution in [0.2, 0.25) is 0 Å². The van der Waals surface area contributed by atoms with Crippen LogP contribution in [0.15, 0.2) is 17.1 Å². The van der Waals surface area contributed by atoms with E-state index in [1.54, 1.807) is 17.7 Å². The highest BCUT2D eigenvalue weighted by Crippen LogP contribution is 2.39. The fourth-order valence-corrected chi connectivity index (χ4v) is 7.06. The zero-order chi connectivity index (χ0) is 23.5. The van der Waals surface area contributed by atoms with Crippen molar-refractivity contribution in [2.24, 2.45) is 0 Å². The fourth-order valence-electron chi connectivity index (χ4n) is 5.19. The minimum absolute atomic E-state index is 0.182. The molecule has 0 spiro atoms. The number of hydrogen-bond donors (Lipinski definition) is 2. The average Bonchev–Trinajstić information content (AvgIpc) is 3.55. The van der Waals surface area contributed by atoms with Gasteiger partial charge in [-0.3, -0.25) is 9.36 Å². The van der Waals surface area contributed by atoms with Gasteiger partial charge in [0.25, 0.3) is 5.56 Å². The topological polar surface area (TPSA) is 117 Å². The highest BCUT2D eigenvalue weighted by atomic mass is 32.2. The summed E-state index contributed by atoms with van der Waals surface area (Å²) in [5.74, 6) is 0.185. The number of piperidine rings is 1. The number of aliphatic hydroxyl groups is 1. The molecule has 1 saturated heterocycles. The Morgan fingerprint density at radius 1 is 1.27 bits per heavy atom. The Bertz CT molecular complexity index is 1240. The van der Waals surface area contributed by atoms with Crippen LogP contribution in [-0.2, 0) is 10.0 Å². The molecule has 0 aromatic carbocycles. The third kappa shape index (κ3) is 4.04. The first kappa shape index (κ1) is 22.7. The van der Waals surface area contributed by atoms with Gasteiger partial charge in [0.05, 0.1) is 22.9 Å². The van der Waals surface area contributed by atoms with Crippen molar-refractivity contribution in [3.63, 3.8) is 0 Å². The molecule has 11 heteroatoms. The van der Waals surface area contributed by atoms with Crippen molar-refractivity contribution in [2.75, 3.05) is 18.4 Å². The molecule has 0 unspecified atom stereocenters. The second-order valence-corrected chi connectivity index (χ2v) is 12.1. The lowest BCUT2D eigenvalue weighted by Crippen LogP contribution is -2.50. The van der Waals surface area contributed by atoms with Crippen LogP contribution in [-0.4, -0.2) is 68.5 Å². The maximum absolute atomic E-state index is 15.0. The van der Waals surface area contributed by atoms with Gasteiger partial charge in [-0.15, -0.1) is 0 Å². The Hall–Kier alpha value is -2.11. The van der Waals surface area contributed by atoms with Crippen molar-refractivity contribution >= 4 is 27.0 Å². The summed E-state index contributed by atoms with van der Waals surface area (Å²) in [7, 11) is -3.41. The van der Waals surface area contributed by atoms with Gasteiger partial charge in [0.2, 0.25) is 16.0 Å². The molecule has 1 aliphatic heterocycles. The maximum atomic E-state index is 15.0. The molecule has 2 aliphatic carbocycles. The predicted octanol–water partition coefficient (Wildman–Crippen LogP) is 1.89. The molecule has 5 rings (SSSR count). The summed E-state index contributed by atoms with van der Waals surface area (Å²) in [6.07, 6.45) is 3.88. The van der Waals surface area contributed by atoms with Gasteiger partial charge < -0.3 is 10.4 Å². The number of aryl methyl sites for hydroxylation is 1. The van der Waals surface area contributed by atoms with Crippen LogP contribution >= 0.6 is 0 Å². The van der Waals surface area contributed by atoms with E-state index in [1.807, 2.05) is 6.92 Å². The molecule has 2 N–H and O–H groups in total. The zero-order valence-corrected chi connectivity index (χ0v) is 19.7. The first-order valence-electron chi connectivity index (χ1n) is 11.6. The molecule has 4 atom stereocenters. The molecular weight excluding hydrogens is 449 g/mol. The molecule has 3 heterocycles. The minimum atomic E-state index is -3.41. The van der Waals surface area contributed by atoms with Crippen molar-refractivity contribution < 1.29 is 17.9 Å². The molecule has 0 bridgehead atoms. The van der Waals surface area contributed by atoms with Crippen LogP contribution in [0, 0.1) is 6.92 Å². The Balaban J connectivity index is 1.43. The Labute approximate surface area is 192 Å². The molecule has 2 aromatic heterocycles. The molecular formula is C22H30FN5O4S. The summed E-state index contributed by atoms with van der Waals surface area (Å²) in [5.41, 5.74) is -0.112. The van der Waals surface area contributed by atoms with Crippen molar-refractivity contribution in [1.82, 2.24) is 18.8 Å². The molecule has 33 heavy (non-hydrogen) atoms. The summed E-state index contributed by atoms with van der Waals surface area (Å²) in [6, 6.07) is 0.495. The van der Waals surface area contributed by atoms with E-state index in [-0.39, 0.29) is 29.8 Å². The van der Waals surface area contributed by atoms with E-state index in [1.165, 1.54) is 10.4 Å². The second kappa shape index (κ2) is 7.99. The average molecular weight is 480 g/mol. The van der Waals surface area contributed by atoms with Crippen LogP contribution in [0.25, 0.3) is 11.0 Å². The van der Waals surface area contributed by atoms with E-state index >= 15 is 0 Å². The summed E-state index contributed by atoms with van der Waals surface area (Å²) < 4.78 is 42.6. The second-order valence-electron chi connectivity index (χ2n) is 9.89. The summed E-state index contributed by atoms with van der Waals surface area (Å²) in [4.78, 5) is 21.8. The lowest BCUT2D eigenvalue weighted by molar-refractivity contribution is 0.0266. The van der Waals surface area contributed by atoms with E-state index in [4.69, 9.17) is 0 Å². The van der Waals surface area contributed by atoms with Crippen LogP contribution in [0.3, 0.4) is 0 Å². The zero-order valence-electron chi connectivity index (χ0n) is 18.9. The highest BCUT2D eigenvalue weighted by molar-refractivity contribution is 7.90. The van der Waals surface area contributed by atoms with Gasteiger partial charge in [-0.1, -0.05) is 0 Å². The first-order valence-corrected chi connectivity index (χ1v) is 13.1. The number of nitrogens with zero attached hydrogens (tertiary/aromatic N) is 4. The summed E-state index contributed by atoms with van der Waals surface area (Å²) in [6.45, 7) is 3.61. The number of rotatable bonds is 5. The van der Waals surface area contributed by atoms with Crippen LogP contribution in [0.4, 0.5) is 10.3 Å². The van der Waals surface area contributed by atoms with Crippen molar-refractivity contribution in [3.8, 4) is 0 Å². The van der Waals surface area contributed by atoms with Crippen molar-refractivity contribution in [1.29, 1.82) is 0 Å². The first-order chi connectivity index (χ1) is 15.6. The standard InChI is InChI=1S/C22H30FN5O4S/c1-13-10-19(29)28(18-4-3-8-22(18,2)30)20-15(13)11-24-21(26-20)25-17-7-9-27(12-16(17)23)33(31,32)14-5-6-14/h10-11,14,16-18,30H,3-9,12H2,1-2H3,(H,24,25,26)/t16-,17-,18-,22-/m1/s1. The number of hydrogen-bond acceptors (Lipinski definition) is 7. The maximum Gasteiger partial charge on any atom is 0.252 e. The number of anilines is 1. The van der Waals surface area contributed by atoms with Gasteiger partial charge in [-0.25, -0.2) is 17.8 Å².